The molecule has 0 fully saturated rings. The molecule has 59 heavy (non-hydrogen) atoms. The molecule has 1 N–H and O–H groups in total. The number of anilines is 3. The van der Waals surface area contributed by atoms with Crippen LogP contribution in [0.5, 0.6) is 0 Å². The number of ether oxygens (including phenoxy) is 1. The molecule has 9 heteroatoms. The zero-order chi connectivity index (χ0) is 41.0. The van der Waals surface area contributed by atoms with E-state index in [2.05, 4.69) is 95.9 Å². The molecule has 0 radical (unpaired) electrons. The summed E-state index contributed by atoms with van der Waals surface area (Å²) in [6.45, 7) is 0.239. The molecule has 0 amide bonds. The van der Waals surface area contributed by atoms with Gasteiger partial charge < -0.3 is 14.7 Å². The number of carboxylic acid groups (broad SMARTS) is 1. The number of carboxylic acids is 1. The summed E-state index contributed by atoms with van der Waals surface area (Å²) < 4.78 is 4.79. The second kappa shape index (κ2) is 18.9. The Kier molecular flexibility index (Phi) is 12.6. The zero-order valence-corrected chi connectivity index (χ0v) is 32.9. The molecule has 0 aliphatic rings. The summed E-state index contributed by atoms with van der Waals surface area (Å²) in [7, 11) is 0. The topological polar surface area (TPSA) is 114 Å². The Morgan fingerprint density at radius 1 is 0.576 bits per heavy atom. The maximum absolute atomic E-state index is 11.2. The van der Waals surface area contributed by atoms with Crippen molar-refractivity contribution in [3.05, 3.63) is 206 Å². The normalized spacial score (nSPS) is 11.4. The Labute approximate surface area is 349 Å². The maximum atomic E-state index is 11.2. The van der Waals surface area contributed by atoms with Crippen LogP contribution in [0.2, 0.25) is 0 Å². The van der Waals surface area contributed by atoms with Crippen molar-refractivity contribution in [2.75, 3.05) is 4.90 Å². The molecule has 0 unspecified atom stereocenters. The molecule has 0 atom stereocenters. The van der Waals surface area contributed by atoms with E-state index in [0.717, 1.165) is 59.5 Å². The van der Waals surface area contributed by atoms with Crippen LogP contribution in [0.3, 0.4) is 0 Å². The van der Waals surface area contributed by atoms with Gasteiger partial charge in [-0.25, -0.2) is 4.79 Å². The number of nitriles is 2. The fourth-order valence-electron chi connectivity index (χ4n) is 6.27. The third-order valence-corrected chi connectivity index (χ3v) is 11.2. The van der Waals surface area contributed by atoms with Crippen molar-refractivity contribution in [3.8, 4) is 22.6 Å². The number of allylic oxidation sites excluding steroid dienone is 1. The molecule has 7 nitrogen and oxygen atoms in total. The number of carbonyl (C=O) groups is 2. The van der Waals surface area contributed by atoms with Gasteiger partial charge in [-0.1, -0.05) is 97.1 Å². The van der Waals surface area contributed by atoms with Gasteiger partial charge in [-0.05, 0) is 124 Å². The van der Waals surface area contributed by atoms with E-state index in [9.17, 15) is 14.9 Å². The molecule has 284 valence electrons. The molecule has 2 heterocycles. The Hall–Kier alpha value is -7.82. The van der Waals surface area contributed by atoms with Gasteiger partial charge in [0.05, 0.1) is 0 Å². The minimum Gasteiger partial charge on any atom is -0.477 e. The first-order valence-corrected chi connectivity index (χ1v) is 19.9. The number of hydrogen-bond acceptors (Lipinski definition) is 8. The molecular formula is C50H33N3O4S2. The van der Waals surface area contributed by atoms with Crippen LogP contribution in [0.4, 0.5) is 17.1 Å². The van der Waals surface area contributed by atoms with Gasteiger partial charge in [0.2, 0.25) is 5.76 Å². The number of nitrogens with zero attached hydrogens (tertiary/aromatic N) is 3. The lowest BCUT2D eigenvalue weighted by Gasteiger charge is -2.26. The Bertz CT molecular complexity index is 2740. The highest BCUT2D eigenvalue weighted by atomic mass is 32.1. The number of thiophene rings is 2. The van der Waals surface area contributed by atoms with Gasteiger partial charge >= 0.3 is 5.97 Å². The molecule has 0 aliphatic heterocycles. The molecule has 0 bridgehead atoms. The lowest BCUT2D eigenvalue weighted by molar-refractivity contribution is -0.132. The van der Waals surface area contributed by atoms with Crippen LogP contribution >= 0.6 is 22.7 Å². The van der Waals surface area contributed by atoms with E-state index in [-0.39, 0.29) is 17.8 Å². The summed E-state index contributed by atoms with van der Waals surface area (Å²) >= 11 is 3.07. The lowest BCUT2D eigenvalue weighted by atomic mass is 9.95. The smallest absolute Gasteiger partial charge is 0.346 e. The average Bonchev–Trinajstić information content (AvgIpc) is 3.95. The van der Waals surface area contributed by atoms with E-state index in [1.165, 1.54) is 23.5 Å². The largest absolute Gasteiger partial charge is 0.477 e. The predicted octanol–water partition coefficient (Wildman–Crippen LogP) is 12.7. The van der Waals surface area contributed by atoms with Crippen molar-refractivity contribution < 1.29 is 19.4 Å². The molecular weight excluding hydrogens is 771 g/mol. The molecule has 0 saturated carbocycles. The SMILES string of the molecule is N#C/C(=C\c1ccc(N(c2ccc(C=C(c3ccccc3)c3ccccc3)cc2)c2ccc(-c3ccc(/C=C/c4ccc(/C=C(\C#N)C(=O)O)s4)s3)cc2)cc1)OC=O. The lowest BCUT2D eigenvalue weighted by Crippen LogP contribution is -2.09. The van der Waals surface area contributed by atoms with E-state index in [0.29, 0.717) is 10.4 Å². The monoisotopic (exact) mass is 803 g/mol. The zero-order valence-electron chi connectivity index (χ0n) is 31.3. The molecule has 2 aromatic heterocycles. The highest BCUT2D eigenvalue weighted by Crippen LogP contribution is 2.38. The van der Waals surface area contributed by atoms with E-state index < -0.39 is 5.97 Å². The first-order chi connectivity index (χ1) is 28.9. The quantitative estimate of drug-likeness (QED) is 0.0383. The first-order valence-electron chi connectivity index (χ1n) is 18.3. The summed E-state index contributed by atoms with van der Waals surface area (Å²) in [5.41, 5.74) is 8.69. The highest BCUT2D eigenvalue weighted by Gasteiger charge is 2.14. The van der Waals surface area contributed by atoms with E-state index >= 15 is 0 Å². The second-order valence-electron chi connectivity index (χ2n) is 12.9. The summed E-state index contributed by atoms with van der Waals surface area (Å²) in [6.07, 6.45) is 9.11. The predicted molar refractivity (Wildman–Crippen MR) is 240 cm³/mol. The summed E-state index contributed by atoms with van der Waals surface area (Å²) in [6, 6.07) is 56.7. The number of benzene rings is 5. The standard InChI is InChI=1S/C50H33N3O4S2/c51-32-40(50(55)56)31-47-26-25-45(58-47)23-24-46-27-28-49(59-46)39-15-21-43(22-16-39)53(41-17-11-35(12-18-41)29-44(33-52)57-34-54)42-19-13-36(14-20-42)30-48(37-7-3-1-4-8-37)38-9-5-2-6-10-38/h1-31,34H,(H,55,56)/b24-23+,40-31+,44-29+. The van der Waals surface area contributed by atoms with Crippen molar-refractivity contribution in [2.24, 2.45) is 0 Å². The van der Waals surface area contributed by atoms with Crippen molar-refractivity contribution >= 4 is 88.1 Å². The van der Waals surface area contributed by atoms with E-state index in [4.69, 9.17) is 15.1 Å². The summed E-state index contributed by atoms with van der Waals surface area (Å²) in [4.78, 5) is 28.0. The summed E-state index contributed by atoms with van der Waals surface area (Å²) in [5, 5.41) is 27.6. The maximum Gasteiger partial charge on any atom is 0.346 e. The third kappa shape index (κ3) is 9.95. The van der Waals surface area contributed by atoms with Crippen LogP contribution in [0, 0.1) is 22.7 Å². The third-order valence-electron chi connectivity index (χ3n) is 9.10. The van der Waals surface area contributed by atoms with Gasteiger partial charge in [-0.2, -0.15) is 10.5 Å². The van der Waals surface area contributed by atoms with Crippen LogP contribution in [0.25, 0.3) is 46.4 Å². The number of hydrogen-bond donors (Lipinski definition) is 1. The van der Waals surface area contributed by atoms with Gasteiger partial charge in [-0.3, -0.25) is 4.79 Å². The van der Waals surface area contributed by atoms with E-state index in [1.807, 2.05) is 85.0 Å². The van der Waals surface area contributed by atoms with Gasteiger partial charge in [0, 0.05) is 36.6 Å². The van der Waals surface area contributed by atoms with Crippen molar-refractivity contribution in [3.63, 3.8) is 0 Å². The van der Waals surface area contributed by atoms with Gasteiger partial charge in [0.15, 0.2) is 0 Å². The van der Waals surface area contributed by atoms with Crippen molar-refractivity contribution in [2.45, 2.75) is 0 Å². The van der Waals surface area contributed by atoms with Crippen molar-refractivity contribution in [1.82, 2.24) is 0 Å². The minimum atomic E-state index is -1.24. The number of carbonyl (C=O) groups excluding carboxylic acids is 1. The van der Waals surface area contributed by atoms with Crippen LogP contribution in [0.1, 0.15) is 36.9 Å². The highest BCUT2D eigenvalue weighted by molar-refractivity contribution is 7.16. The minimum absolute atomic E-state index is 0.0948. The van der Waals surface area contributed by atoms with Gasteiger partial charge in [0.1, 0.15) is 17.7 Å². The van der Waals surface area contributed by atoms with Crippen LogP contribution in [-0.4, -0.2) is 17.5 Å². The molecule has 0 saturated heterocycles. The summed E-state index contributed by atoms with van der Waals surface area (Å²) in [5.74, 6) is -1.34. The number of aliphatic carboxylic acids is 1. The first kappa shape index (κ1) is 39.4. The molecule has 0 aliphatic carbocycles. The number of rotatable bonds is 14. The Morgan fingerprint density at radius 2 is 1.08 bits per heavy atom. The molecule has 5 aromatic carbocycles. The Morgan fingerprint density at radius 3 is 1.61 bits per heavy atom. The fraction of sp³-hybridized carbons (Fsp3) is 0. The van der Waals surface area contributed by atoms with E-state index in [1.54, 1.807) is 23.5 Å². The molecule has 7 rings (SSSR count). The average molecular weight is 804 g/mol. The van der Waals surface area contributed by atoms with Gasteiger partial charge in [0.25, 0.3) is 6.47 Å². The van der Waals surface area contributed by atoms with Crippen LogP contribution in [0.15, 0.2) is 169 Å². The molecule has 7 aromatic rings. The van der Waals surface area contributed by atoms with Crippen molar-refractivity contribution in [1.29, 1.82) is 10.5 Å². The fourth-order valence-corrected chi connectivity index (χ4v) is 8.05. The van der Waals surface area contributed by atoms with Gasteiger partial charge in [-0.15, -0.1) is 22.7 Å². The Balaban J connectivity index is 1.17. The molecule has 0 spiro atoms. The second-order valence-corrected chi connectivity index (χ2v) is 15.2. The van der Waals surface area contributed by atoms with Crippen LogP contribution < -0.4 is 4.90 Å². The van der Waals surface area contributed by atoms with Crippen LogP contribution in [-0.2, 0) is 14.3 Å².